The molecule has 1 unspecified atom stereocenters. The van der Waals surface area contributed by atoms with Crippen molar-refractivity contribution in [3.63, 3.8) is 0 Å². The maximum Gasteiger partial charge on any atom is 0.0749 e. The number of hydrogen-bond donors (Lipinski definition) is 0. The Morgan fingerprint density at radius 1 is 0.833 bits per heavy atom. The number of unbranched alkanes of at least 4 members (excludes halogenated alkanes) is 10. The van der Waals surface area contributed by atoms with Crippen molar-refractivity contribution in [2.24, 2.45) is 0 Å². The first-order valence-electron chi connectivity index (χ1n) is 8.00. The second kappa shape index (κ2) is 14.8. The predicted molar refractivity (Wildman–Crippen MR) is 82.1 cm³/mol. The Bertz CT molecular complexity index is 165. The lowest BCUT2D eigenvalue weighted by Crippen LogP contribution is -2.05. The molecule has 0 saturated heterocycles. The highest BCUT2D eigenvalue weighted by Gasteiger charge is 2.00. The third-order valence-corrected chi connectivity index (χ3v) is 3.66. The smallest absolute Gasteiger partial charge is 0.0749 e. The first-order valence-corrected chi connectivity index (χ1v) is 8.00. The molecule has 1 nitrogen and oxygen atoms in total. The number of hydrogen-bond acceptors (Lipinski definition) is 1. The van der Waals surface area contributed by atoms with Gasteiger partial charge < -0.3 is 4.74 Å². The Morgan fingerprint density at radius 3 is 1.67 bits per heavy atom. The van der Waals surface area contributed by atoms with Crippen LogP contribution in [0.2, 0.25) is 0 Å². The standard InChI is InChI=1S/C17H34O/c1-4-6-7-8-9-10-11-12-13-14-15-16-17(5-2)18-3/h5,17H,2,4,6-16H2,1,3H3. The molecule has 0 radical (unpaired) electrons. The number of rotatable bonds is 14. The third-order valence-electron chi connectivity index (χ3n) is 3.66. The van der Waals surface area contributed by atoms with Gasteiger partial charge in [0.15, 0.2) is 0 Å². The average Bonchev–Trinajstić information content (AvgIpc) is 2.40. The van der Waals surface area contributed by atoms with Gasteiger partial charge in [0.1, 0.15) is 0 Å². The average molecular weight is 254 g/mol. The number of ether oxygens (including phenoxy) is 1. The molecule has 108 valence electrons. The molecule has 1 atom stereocenters. The molecule has 0 aliphatic rings. The summed E-state index contributed by atoms with van der Waals surface area (Å²) in [5, 5.41) is 0. The van der Waals surface area contributed by atoms with Crippen LogP contribution in [0.4, 0.5) is 0 Å². The highest BCUT2D eigenvalue weighted by molar-refractivity contribution is 4.79. The van der Waals surface area contributed by atoms with Crippen molar-refractivity contribution in [1.82, 2.24) is 0 Å². The summed E-state index contributed by atoms with van der Waals surface area (Å²) in [7, 11) is 1.77. The van der Waals surface area contributed by atoms with Crippen molar-refractivity contribution in [2.75, 3.05) is 7.11 Å². The molecule has 0 fully saturated rings. The monoisotopic (exact) mass is 254 g/mol. The molecule has 0 N–H and O–H groups in total. The molecule has 0 amide bonds. The fourth-order valence-electron chi connectivity index (χ4n) is 2.34. The minimum Gasteiger partial charge on any atom is -0.377 e. The maximum atomic E-state index is 5.27. The van der Waals surface area contributed by atoms with Gasteiger partial charge in [0.2, 0.25) is 0 Å². The SMILES string of the molecule is C=CC(CCCCCCCCCCCCC)OC. The molecule has 0 heterocycles. The molecule has 0 spiro atoms. The van der Waals surface area contributed by atoms with Gasteiger partial charge in [-0.1, -0.05) is 83.6 Å². The minimum absolute atomic E-state index is 0.267. The summed E-state index contributed by atoms with van der Waals surface area (Å²) >= 11 is 0. The molecule has 0 aliphatic carbocycles. The van der Waals surface area contributed by atoms with E-state index >= 15 is 0 Å². The predicted octanol–water partition coefficient (Wildman–Crippen LogP) is 5.89. The first kappa shape index (κ1) is 17.7. The summed E-state index contributed by atoms with van der Waals surface area (Å²) in [5.74, 6) is 0. The van der Waals surface area contributed by atoms with E-state index in [1.165, 1.54) is 70.6 Å². The Kier molecular flexibility index (Phi) is 14.5. The summed E-state index contributed by atoms with van der Waals surface area (Å²) in [5.41, 5.74) is 0. The van der Waals surface area contributed by atoms with Crippen LogP contribution in [-0.2, 0) is 4.74 Å². The van der Waals surface area contributed by atoms with E-state index in [2.05, 4.69) is 13.5 Å². The highest BCUT2D eigenvalue weighted by Crippen LogP contribution is 2.13. The molecule has 0 aliphatic heterocycles. The summed E-state index contributed by atoms with van der Waals surface area (Å²) in [4.78, 5) is 0. The maximum absolute atomic E-state index is 5.27. The Hall–Kier alpha value is -0.300. The van der Waals surface area contributed by atoms with E-state index in [-0.39, 0.29) is 6.10 Å². The molecule has 0 aromatic carbocycles. The van der Waals surface area contributed by atoms with Crippen LogP contribution in [0.25, 0.3) is 0 Å². The molecule has 0 saturated carbocycles. The quantitative estimate of drug-likeness (QED) is 0.277. The molecule has 0 aromatic heterocycles. The van der Waals surface area contributed by atoms with Gasteiger partial charge in [0.25, 0.3) is 0 Å². The molecule has 1 heteroatoms. The van der Waals surface area contributed by atoms with Gasteiger partial charge in [-0.05, 0) is 6.42 Å². The largest absolute Gasteiger partial charge is 0.377 e. The van der Waals surface area contributed by atoms with E-state index in [0.29, 0.717) is 0 Å². The van der Waals surface area contributed by atoms with E-state index in [9.17, 15) is 0 Å². The normalized spacial score (nSPS) is 12.6. The van der Waals surface area contributed by atoms with Crippen LogP contribution in [0.1, 0.15) is 84.0 Å². The van der Waals surface area contributed by atoms with Crippen LogP contribution in [0.3, 0.4) is 0 Å². The highest BCUT2D eigenvalue weighted by atomic mass is 16.5. The fraction of sp³-hybridized carbons (Fsp3) is 0.882. The zero-order valence-corrected chi connectivity index (χ0v) is 12.8. The molecule has 0 rings (SSSR count). The lowest BCUT2D eigenvalue weighted by molar-refractivity contribution is 0.131. The van der Waals surface area contributed by atoms with Crippen molar-refractivity contribution >= 4 is 0 Å². The third kappa shape index (κ3) is 12.2. The molecule has 18 heavy (non-hydrogen) atoms. The zero-order valence-electron chi connectivity index (χ0n) is 12.8. The molecule has 0 aromatic rings. The van der Waals surface area contributed by atoms with Crippen LogP contribution in [0.15, 0.2) is 12.7 Å². The van der Waals surface area contributed by atoms with E-state index in [1.54, 1.807) is 7.11 Å². The summed E-state index contributed by atoms with van der Waals surface area (Å²) < 4.78 is 5.27. The van der Waals surface area contributed by atoms with E-state index in [0.717, 1.165) is 6.42 Å². The van der Waals surface area contributed by atoms with Crippen LogP contribution >= 0.6 is 0 Å². The van der Waals surface area contributed by atoms with Crippen LogP contribution < -0.4 is 0 Å². The van der Waals surface area contributed by atoms with Crippen molar-refractivity contribution < 1.29 is 4.74 Å². The second-order valence-electron chi connectivity index (χ2n) is 5.33. The van der Waals surface area contributed by atoms with Gasteiger partial charge in [-0.2, -0.15) is 0 Å². The fourth-order valence-corrected chi connectivity index (χ4v) is 2.34. The van der Waals surface area contributed by atoms with E-state index < -0.39 is 0 Å². The van der Waals surface area contributed by atoms with Crippen molar-refractivity contribution in [2.45, 2.75) is 90.1 Å². The van der Waals surface area contributed by atoms with Gasteiger partial charge in [0.05, 0.1) is 6.10 Å². The molecule has 0 bridgehead atoms. The summed E-state index contributed by atoms with van der Waals surface area (Å²) in [6.45, 7) is 6.06. The van der Waals surface area contributed by atoms with Gasteiger partial charge in [-0.25, -0.2) is 0 Å². The Labute approximate surface area is 115 Å². The first-order chi connectivity index (χ1) is 8.85. The van der Waals surface area contributed by atoms with Crippen molar-refractivity contribution in [3.8, 4) is 0 Å². The lowest BCUT2D eigenvalue weighted by atomic mass is 10.0. The molecular formula is C17H34O. The van der Waals surface area contributed by atoms with Gasteiger partial charge in [-0.3, -0.25) is 0 Å². The van der Waals surface area contributed by atoms with Crippen LogP contribution in [0, 0.1) is 0 Å². The van der Waals surface area contributed by atoms with Crippen molar-refractivity contribution in [1.29, 1.82) is 0 Å². The van der Waals surface area contributed by atoms with Crippen LogP contribution in [0.5, 0.6) is 0 Å². The van der Waals surface area contributed by atoms with Crippen LogP contribution in [-0.4, -0.2) is 13.2 Å². The van der Waals surface area contributed by atoms with Gasteiger partial charge in [-0.15, -0.1) is 6.58 Å². The minimum atomic E-state index is 0.267. The van der Waals surface area contributed by atoms with E-state index in [1.807, 2.05) is 6.08 Å². The Morgan fingerprint density at radius 2 is 1.28 bits per heavy atom. The zero-order chi connectivity index (χ0) is 13.5. The van der Waals surface area contributed by atoms with Crippen molar-refractivity contribution in [3.05, 3.63) is 12.7 Å². The molecular weight excluding hydrogens is 220 g/mol. The van der Waals surface area contributed by atoms with E-state index in [4.69, 9.17) is 4.74 Å². The second-order valence-corrected chi connectivity index (χ2v) is 5.33. The Balaban J connectivity index is 3.05. The van der Waals surface area contributed by atoms with Gasteiger partial charge in [0, 0.05) is 7.11 Å². The van der Waals surface area contributed by atoms with Gasteiger partial charge >= 0.3 is 0 Å². The summed E-state index contributed by atoms with van der Waals surface area (Å²) in [6, 6.07) is 0. The summed E-state index contributed by atoms with van der Waals surface area (Å²) in [6.07, 6.45) is 18.7. The number of methoxy groups -OCH3 is 1. The lowest BCUT2D eigenvalue weighted by Gasteiger charge is -2.09. The topological polar surface area (TPSA) is 9.23 Å².